The molecule has 22 heavy (non-hydrogen) atoms. The van der Waals surface area contributed by atoms with Crippen LogP contribution in [-0.4, -0.2) is 39.8 Å². The Morgan fingerprint density at radius 1 is 1.36 bits per heavy atom. The summed E-state index contributed by atoms with van der Waals surface area (Å²) in [7, 11) is -3.52. The van der Waals surface area contributed by atoms with Crippen LogP contribution < -0.4 is 0 Å². The molecule has 0 aliphatic rings. The van der Waals surface area contributed by atoms with Gasteiger partial charge in [-0.25, -0.2) is 13.1 Å². The van der Waals surface area contributed by atoms with Crippen LogP contribution in [0, 0.1) is 10.1 Å². The van der Waals surface area contributed by atoms with E-state index in [2.05, 4.69) is 15.5 Å². The molecule has 1 heterocycles. The monoisotopic (exact) mass is 343 g/mol. The van der Waals surface area contributed by atoms with E-state index in [9.17, 15) is 18.5 Å². The van der Waals surface area contributed by atoms with Crippen LogP contribution in [-0.2, 0) is 9.84 Å². The predicted octanol–water partition coefficient (Wildman–Crippen LogP) is 1.72. The fraction of sp³-hybridized carbons (Fsp3) is 0.364. The van der Waals surface area contributed by atoms with Gasteiger partial charge < -0.3 is 0 Å². The molecule has 0 spiro atoms. The molecule has 9 nitrogen and oxygen atoms in total. The molecule has 2 rings (SSSR count). The molecular weight excluding hydrogens is 330 g/mol. The number of nitrogens with zero attached hydrogens (tertiary/aromatic N) is 5. The molecular formula is C11H13N5O4S2. The SMILES string of the molecule is CC(C)n1nnnc1Sc1ccc(S(C)(=O)=O)cc1[N+](=O)[O-]. The molecule has 0 N–H and O–H groups in total. The largest absolute Gasteiger partial charge is 0.284 e. The number of sulfone groups is 1. The lowest BCUT2D eigenvalue weighted by Gasteiger charge is -2.08. The van der Waals surface area contributed by atoms with E-state index >= 15 is 0 Å². The Balaban J connectivity index is 2.47. The maximum atomic E-state index is 11.5. The fourth-order valence-corrected chi connectivity index (χ4v) is 3.26. The van der Waals surface area contributed by atoms with Crippen LogP contribution in [0.1, 0.15) is 19.9 Å². The first-order chi connectivity index (χ1) is 10.2. The van der Waals surface area contributed by atoms with Crippen molar-refractivity contribution in [2.75, 3.05) is 6.26 Å². The van der Waals surface area contributed by atoms with Crippen LogP contribution in [0.2, 0.25) is 0 Å². The Labute approximate surface area is 130 Å². The number of aromatic nitrogens is 4. The average molecular weight is 343 g/mol. The number of tetrazole rings is 1. The van der Waals surface area contributed by atoms with Gasteiger partial charge >= 0.3 is 0 Å². The van der Waals surface area contributed by atoms with Gasteiger partial charge in [-0.15, -0.1) is 5.10 Å². The maximum Gasteiger partial charge on any atom is 0.284 e. The number of hydrogen-bond donors (Lipinski definition) is 0. The Morgan fingerprint density at radius 3 is 2.59 bits per heavy atom. The van der Waals surface area contributed by atoms with Crippen molar-refractivity contribution in [3.8, 4) is 0 Å². The van der Waals surface area contributed by atoms with Gasteiger partial charge in [-0.3, -0.25) is 10.1 Å². The zero-order valence-corrected chi connectivity index (χ0v) is 13.6. The minimum Gasteiger partial charge on any atom is -0.258 e. The summed E-state index contributed by atoms with van der Waals surface area (Å²) in [4.78, 5) is 10.7. The normalized spacial score (nSPS) is 11.8. The maximum absolute atomic E-state index is 11.5. The summed E-state index contributed by atoms with van der Waals surface area (Å²) in [6.07, 6.45) is 0.998. The third-order valence-corrected chi connectivity index (χ3v) is 4.83. The van der Waals surface area contributed by atoms with E-state index < -0.39 is 14.8 Å². The zero-order chi connectivity index (χ0) is 16.5. The highest BCUT2D eigenvalue weighted by atomic mass is 32.2. The zero-order valence-electron chi connectivity index (χ0n) is 12.0. The van der Waals surface area contributed by atoms with Crippen molar-refractivity contribution in [2.45, 2.75) is 34.8 Å². The lowest BCUT2D eigenvalue weighted by molar-refractivity contribution is -0.388. The molecule has 2 aromatic rings. The van der Waals surface area contributed by atoms with Crippen molar-refractivity contribution in [1.82, 2.24) is 20.2 Å². The molecule has 1 aromatic heterocycles. The summed E-state index contributed by atoms with van der Waals surface area (Å²) >= 11 is 1.01. The van der Waals surface area contributed by atoms with E-state index in [1.807, 2.05) is 13.8 Å². The third kappa shape index (κ3) is 3.42. The summed E-state index contributed by atoms with van der Waals surface area (Å²) in [5.74, 6) is 0. The van der Waals surface area contributed by atoms with E-state index in [4.69, 9.17) is 0 Å². The molecule has 0 amide bonds. The Morgan fingerprint density at radius 2 is 2.05 bits per heavy atom. The second-order valence-electron chi connectivity index (χ2n) is 4.76. The summed E-state index contributed by atoms with van der Waals surface area (Å²) in [6.45, 7) is 3.75. The topological polar surface area (TPSA) is 121 Å². The molecule has 0 saturated heterocycles. The third-order valence-electron chi connectivity index (χ3n) is 2.71. The van der Waals surface area contributed by atoms with Crippen molar-refractivity contribution in [3.63, 3.8) is 0 Å². The smallest absolute Gasteiger partial charge is 0.258 e. The second-order valence-corrected chi connectivity index (χ2v) is 7.79. The summed E-state index contributed by atoms with van der Waals surface area (Å²) < 4.78 is 24.6. The first-order valence-corrected chi connectivity index (χ1v) is 8.85. The molecule has 0 fully saturated rings. The average Bonchev–Trinajstić information content (AvgIpc) is 2.86. The number of rotatable bonds is 5. The molecule has 0 unspecified atom stereocenters. The van der Waals surface area contributed by atoms with Gasteiger partial charge in [-0.05, 0) is 48.2 Å². The lowest BCUT2D eigenvalue weighted by Crippen LogP contribution is -2.05. The molecule has 0 bridgehead atoms. The molecule has 0 saturated carbocycles. The highest BCUT2D eigenvalue weighted by Gasteiger charge is 2.22. The fourth-order valence-electron chi connectivity index (χ4n) is 1.63. The highest BCUT2D eigenvalue weighted by Crippen LogP contribution is 2.35. The van der Waals surface area contributed by atoms with Crippen LogP contribution in [0.15, 0.2) is 33.1 Å². The summed E-state index contributed by atoms with van der Waals surface area (Å²) in [6, 6.07) is 3.75. The van der Waals surface area contributed by atoms with Crippen LogP contribution in [0.25, 0.3) is 0 Å². The molecule has 1 aromatic carbocycles. The first kappa shape index (κ1) is 16.4. The Bertz CT molecular complexity index is 816. The standard InChI is InChI=1S/C11H13N5O4S2/c1-7(2)15-11(12-13-14-15)21-10-5-4-8(22(3,19)20)6-9(10)16(17)18/h4-7H,1-3H3. The van der Waals surface area contributed by atoms with Crippen molar-refractivity contribution in [3.05, 3.63) is 28.3 Å². The van der Waals surface area contributed by atoms with Gasteiger partial charge in [0.1, 0.15) is 0 Å². The van der Waals surface area contributed by atoms with Crippen molar-refractivity contribution in [2.24, 2.45) is 0 Å². The van der Waals surface area contributed by atoms with Gasteiger partial charge in [-0.1, -0.05) is 0 Å². The number of benzene rings is 1. The minimum absolute atomic E-state index is 0.00755. The van der Waals surface area contributed by atoms with E-state index in [1.165, 1.54) is 16.8 Å². The predicted molar refractivity (Wildman–Crippen MR) is 78.5 cm³/mol. The number of nitro groups is 1. The van der Waals surface area contributed by atoms with Crippen LogP contribution in [0.4, 0.5) is 5.69 Å². The van der Waals surface area contributed by atoms with Gasteiger partial charge in [0.15, 0.2) is 9.84 Å². The van der Waals surface area contributed by atoms with Crippen molar-refractivity contribution in [1.29, 1.82) is 0 Å². The molecule has 11 heteroatoms. The van der Waals surface area contributed by atoms with E-state index in [0.717, 1.165) is 24.1 Å². The molecule has 0 aliphatic heterocycles. The van der Waals surface area contributed by atoms with Crippen LogP contribution in [0.5, 0.6) is 0 Å². The minimum atomic E-state index is -3.52. The molecule has 118 valence electrons. The summed E-state index contributed by atoms with van der Waals surface area (Å²) in [5.41, 5.74) is -0.300. The lowest BCUT2D eigenvalue weighted by atomic mass is 10.3. The Hall–Kier alpha value is -2.01. The highest BCUT2D eigenvalue weighted by molar-refractivity contribution is 7.99. The van der Waals surface area contributed by atoms with Gasteiger partial charge in [-0.2, -0.15) is 0 Å². The molecule has 0 aliphatic carbocycles. The van der Waals surface area contributed by atoms with Crippen molar-refractivity contribution < 1.29 is 13.3 Å². The van der Waals surface area contributed by atoms with Crippen LogP contribution in [0.3, 0.4) is 0 Å². The van der Waals surface area contributed by atoms with Gasteiger partial charge in [0.2, 0.25) is 5.16 Å². The molecule has 0 atom stereocenters. The number of nitro benzene ring substituents is 1. The summed E-state index contributed by atoms with van der Waals surface area (Å²) in [5, 5.41) is 22.8. The van der Waals surface area contributed by atoms with Crippen LogP contribution >= 0.6 is 11.8 Å². The van der Waals surface area contributed by atoms with E-state index in [-0.39, 0.29) is 21.5 Å². The quantitative estimate of drug-likeness (QED) is 0.594. The van der Waals surface area contributed by atoms with Gasteiger partial charge in [0.25, 0.3) is 5.69 Å². The molecule has 0 radical (unpaired) electrons. The Kier molecular flexibility index (Phi) is 4.47. The van der Waals surface area contributed by atoms with E-state index in [0.29, 0.717) is 5.16 Å². The van der Waals surface area contributed by atoms with Gasteiger partial charge in [0, 0.05) is 12.3 Å². The first-order valence-electron chi connectivity index (χ1n) is 6.14. The number of hydrogen-bond acceptors (Lipinski definition) is 8. The van der Waals surface area contributed by atoms with E-state index in [1.54, 1.807) is 0 Å². The van der Waals surface area contributed by atoms with Gasteiger partial charge in [0.05, 0.1) is 20.8 Å². The second kappa shape index (κ2) is 6.01. The van der Waals surface area contributed by atoms with Crippen molar-refractivity contribution >= 4 is 27.3 Å².